The first-order chi connectivity index (χ1) is 11.0. The Labute approximate surface area is 138 Å². The standard InChI is InChI=1S/C17H16N2O3S/c1-11(15(18)20)19-16(21)13-9-5-6-10-14(13)23-17(22)12-7-3-2-4-8-12/h2-11H,1H3,(H2,18,20)(H,19,21)/t11-/m0/s1. The van der Waals surface area contributed by atoms with E-state index in [9.17, 15) is 14.4 Å². The zero-order valence-corrected chi connectivity index (χ0v) is 13.3. The number of hydrogen-bond acceptors (Lipinski definition) is 4. The highest BCUT2D eigenvalue weighted by Crippen LogP contribution is 2.26. The summed E-state index contributed by atoms with van der Waals surface area (Å²) in [5.41, 5.74) is 6.03. The molecule has 0 aromatic heterocycles. The first-order valence-corrected chi connectivity index (χ1v) is 7.77. The molecule has 2 amide bonds. The molecule has 23 heavy (non-hydrogen) atoms. The minimum absolute atomic E-state index is 0.159. The molecule has 2 aromatic rings. The third-order valence-corrected chi connectivity index (χ3v) is 4.12. The highest BCUT2D eigenvalue weighted by molar-refractivity contribution is 8.14. The van der Waals surface area contributed by atoms with E-state index in [1.54, 1.807) is 48.5 Å². The maximum Gasteiger partial charge on any atom is 0.253 e. The summed E-state index contributed by atoms with van der Waals surface area (Å²) in [5, 5.41) is 2.35. The van der Waals surface area contributed by atoms with Crippen molar-refractivity contribution in [3.8, 4) is 0 Å². The number of nitrogens with one attached hydrogen (secondary N) is 1. The van der Waals surface area contributed by atoms with E-state index in [0.717, 1.165) is 11.8 Å². The van der Waals surface area contributed by atoms with E-state index in [1.165, 1.54) is 6.92 Å². The summed E-state index contributed by atoms with van der Waals surface area (Å²) in [5.74, 6) is -1.07. The van der Waals surface area contributed by atoms with Gasteiger partial charge in [-0.3, -0.25) is 14.4 Å². The van der Waals surface area contributed by atoms with Crippen LogP contribution in [0.15, 0.2) is 59.5 Å². The van der Waals surface area contributed by atoms with E-state index in [2.05, 4.69) is 5.32 Å². The average molecular weight is 328 g/mol. The van der Waals surface area contributed by atoms with Gasteiger partial charge in [0, 0.05) is 10.5 Å². The SMILES string of the molecule is C[C@H](NC(=O)c1ccccc1SC(=O)c1ccccc1)C(N)=O. The monoisotopic (exact) mass is 328 g/mol. The molecule has 2 rings (SSSR count). The number of hydrogen-bond donors (Lipinski definition) is 2. The Morgan fingerprint density at radius 2 is 1.61 bits per heavy atom. The van der Waals surface area contributed by atoms with Gasteiger partial charge in [0.25, 0.3) is 5.91 Å². The molecule has 0 aliphatic rings. The largest absolute Gasteiger partial charge is 0.368 e. The minimum Gasteiger partial charge on any atom is -0.368 e. The molecule has 0 unspecified atom stereocenters. The molecule has 0 radical (unpaired) electrons. The number of thioether (sulfide) groups is 1. The zero-order chi connectivity index (χ0) is 16.8. The van der Waals surface area contributed by atoms with Gasteiger partial charge in [0.2, 0.25) is 11.0 Å². The van der Waals surface area contributed by atoms with Crippen LogP contribution in [0.25, 0.3) is 0 Å². The Morgan fingerprint density at radius 3 is 2.26 bits per heavy atom. The number of carbonyl (C=O) groups excluding carboxylic acids is 3. The summed E-state index contributed by atoms with van der Waals surface area (Å²) in [7, 11) is 0. The third-order valence-electron chi connectivity index (χ3n) is 3.12. The summed E-state index contributed by atoms with van der Waals surface area (Å²) < 4.78 is 0. The molecule has 5 nitrogen and oxygen atoms in total. The Kier molecular flexibility index (Phi) is 5.54. The normalized spacial score (nSPS) is 11.5. The van der Waals surface area contributed by atoms with Crippen LogP contribution >= 0.6 is 11.8 Å². The topological polar surface area (TPSA) is 89.3 Å². The summed E-state index contributed by atoms with van der Waals surface area (Å²) >= 11 is 0.971. The lowest BCUT2D eigenvalue weighted by Gasteiger charge is -2.12. The van der Waals surface area contributed by atoms with E-state index < -0.39 is 17.9 Å². The second kappa shape index (κ2) is 7.60. The predicted octanol–water partition coefficient (Wildman–Crippen LogP) is 2.22. The Hall–Kier alpha value is -2.60. The van der Waals surface area contributed by atoms with Crippen molar-refractivity contribution in [3.63, 3.8) is 0 Å². The lowest BCUT2D eigenvalue weighted by Crippen LogP contribution is -2.42. The second-order valence-electron chi connectivity index (χ2n) is 4.85. The summed E-state index contributed by atoms with van der Waals surface area (Å²) in [4.78, 5) is 36.1. The number of rotatable bonds is 5. The predicted molar refractivity (Wildman–Crippen MR) is 89.2 cm³/mol. The fourth-order valence-electron chi connectivity index (χ4n) is 1.82. The van der Waals surface area contributed by atoms with E-state index in [-0.39, 0.29) is 5.12 Å². The Morgan fingerprint density at radius 1 is 1.00 bits per heavy atom. The van der Waals surface area contributed by atoms with Crippen LogP contribution in [0.1, 0.15) is 27.6 Å². The van der Waals surface area contributed by atoms with Crippen molar-refractivity contribution in [2.75, 3.05) is 0 Å². The maximum absolute atomic E-state index is 12.3. The van der Waals surface area contributed by atoms with E-state index >= 15 is 0 Å². The van der Waals surface area contributed by atoms with Crippen LogP contribution in [0, 0.1) is 0 Å². The van der Waals surface area contributed by atoms with Gasteiger partial charge in [-0.05, 0) is 30.8 Å². The van der Waals surface area contributed by atoms with Gasteiger partial charge >= 0.3 is 0 Å². The second-order valence-corrected chi connectivity index (χ2v) is 5.86. The van der Waals surface area contributed by atoms with Gasteiger partial charge in [-0.1, -0.05) is 42.5 Å². The molecule has 0 spiro atoms. The molecule has 3 N–H and O–H groups in total. The number of primary amides is 1. The average Bonchev–Trinajstić information content (AvgIpc) is 2.55. The fraction of sp³-hybridized carbons (Fsp3) is 0.118. The quantitative estimate of drug-likeness (QED) is 0.824. The van der Waals surface area contributed by atoms with E-state index in [1.807, 2.05) is 6.07 Å². The zero-order valence-electron chi connectivity index (χ0n) is 12.5. The molecular formula is C17H16N2O3S. The Bertz CT molecular complexity index is 732. The van der Waals surface area contributed by atoms with Crippen molar-refractivity contribution in [1.82, 2.24) is 5.32 Å². The van der Waals surface area contributed by atoms with Gasteiger partial charge in [0.1, 0.15) is 6.04 Å². The number of amides is 2. The first kappa shape index (κ1) is 16.8. The summed E-state index contributed by atoms with van der Waals surface area (Å²) in [6, 6.07) is 14.8. The van der Waals surface area contributed by atoms with Crippen LogP contribution in [0.3, 0.4) is 0 Å². The van der Waals surface area contributed by atoms with Gasteiger partial charge in [-0.15, -0.1) is 0 Å². The maximum atomic E-state index is 12.3. The van der Waals surface area contributed by atoms with Gasteiger partial charge in [0.15, 0.2) is 0 Å². The van der Waals surface area contributed by atoms with Crippen molar-refractivity contribution in [2.24, 2.45) is 5.73 Å². The molecule has 0 aliphatic carbocycles. The van der Waals surface area contributed by atoms with Crippen LogP contribution in [0.5, 0.6) is 0 Å². The summed E-state index contributed by atoms with van der Waals surface area (Å²) in [6.07, 6.45) is 0. The van der Waals surface area contributed by atoms with E-state index in [0.29, 0.717) is 16.0 Å². The minimum atomic E-state index is -0.787. The molecule has 2 aromatic carbocycles. The molecular weight excluding hydrogens is 312 g/mol. The molecule has 0 aliphatic heterocycles. The number of carbonyl (C=O) groups is 3. The highest BCUT2D eigenvalue weighted by atomic mass is 32.2. The summed E-state index contributed by atoms with van der Waals surface area (Å²) in [6.45, 7) is 1.51. The molecule has 0 heterocycles. The van der Waals surface area contributed by atoms with Crippen LogP contribution in [-0.4, -0.2) is 23.0 Å². The lowest BCUT2D eigenvalue weighted by molar-refractivity contribution is -0.119. The van der Waals surface area contributed by atoms with Gasteiger partial charge < -0.3 is 11.1 Å². The van der Waals surface area contributed by atoms with Crippen LogP contribution < -0.4 is 11.1 Å². The van der Waals surface area contributed by atoms with Gasteiger partial charge in [0.05, 0.1) is 5.56 Å². The first-order valence-electron chi connectivity index (χ1n) is 6.95. The Balaban J connectivity index is 2.19. The fourth-order valence-corrected chi connectivity index (χ4v) is 2.69. The van der Waals surface area contributed by atoms with Crippen LogP contribution in [0.4, 0.5) is 0 Å². The number of nitrogens with two attached hydrogens (primary N) is 1. The van der Waals surface area contributed by atoms with Crippen molar-refractivity contribution in [1.29, 1.82) is 0 Å². The molecule has 0 saturated heterocycles. The van der Waals surface area contributed by atoms with Gasteiger partial charge in [-0.25, -0.2) is 0 Å². The third kappa shape index (κ3) is 4.43. The van der Waals surface area contributed by atoms with Crippen molar-refractivity contribution in [3.05, 3.63) is 65.7 Å². The molecule has 0 bridgehead atoms. The highest BCUT2D eigenvalue weighted by Gasteiger charge is 2.18. The molecule has 118 valence electrons. The molecule has 6 heteroatoms. The van der Waals surface area contributed by atoms with E-state index in [4.69, 9.17) is 5.73 Å². The number of benzene rings is 2. The lowest BCUT2D eigenvalue weighted by atomic mass is 10.2. The van der Waals surface area contributed by atoms with Crippen molar-refractivity contribution in [2.45, 2.75) is 17.9 Å². The van der Waals surface area contributed by atoms with Crippen LogP contribution in [0.2, 0.25) is 0 Å². The van der Waals surface area contributed by atoms with Crippen LogP contribution in [-0.2, 0) is 4.79 Å². The molecule has 0 fully saturated rings. The van der Waals surface area contributed by atoms with Gasteiger partial charge in [-0.2, -0.15) is 0 Å². The van der Waals surface area contributed by atoms with Crippen molar-refractivity contribution >= 4 is 28.7 Å². The molecule has 1 atom stereocenters. The smallest absolute Gasteiger partial charge is 0.253 e. The molecule has 0 saturated carbocycles. The van der Waals surface area contributed by atoms with Crippen molar-refractivity contribution < 1.29 is 14.4 Å².